The molecule has 4 aromatic rings. The summed E-state index contributed by atoms with van der Waals surface area (Å²) in [7, 11) is 1.58. The van der Waals surface area contributed by atoms with Crippen molar-refractivity contribution in [3.05, 3.63) is 82.9 Å². The lowest BCUT2D eigenvalue weighted by Crippen LogP contribution is -2.30. The van der Waals surface area contributed by atoms with Crippen LogP contribution in [0.25, 0.3) is 21.7 Å². The van der Waals surface area contributed by atoms with Gasteiger partial charge in [-0.05, 0) is 72.0 Å². The zero-order valence-electron chi connectivity index (χ0n) is 22.7. The lowest BCUT2D eigenvalue weighted by atomic mass is 9.75. The Kier molecular flexibility index (Phi) is 6.67. The van der Waals surface area contributed by atoms with Gasteiger partial charge in [-0.3, -0.25) is 4.79 Å². The normalized spacial score (nSPS) is 19.8. The van der Waals surface area contributed by atoms with Gasteiger partial charge in [-0.25, -0.2) is 4.79 Å². The SMILES string of the molecule is CC[C@@]1(C)CCCC1C(=O)c1cc(-c2cccs2)c2n1CCc1cc(OC)c(C(=O)Oc3ccccc3)cc1-2. The summed E-state index contributed by atoms with van der Waals surface area (Å²) < 4.78 is 13.5. The average Bonchev–Trinajstić information content (AvgIpc) is 3.71. The second-order valence-corrected chi connectivity index (χ2v) is 11.8. The van der Waals surface area contributed by atoms with Gasteiger partial charge in [0.05, 0.1) is 18.5 Å². The highest BCUT2D eigenvalue weighted by molar-refractivity contribution is 7.13. The molecule has 2 aliphatic rings. The minimum Gasteiger partial charge on any atom is -0.496 e. The second kappa shape index (κ2) is 10.2. The van der Waals surface area contributed by atoms with Crippen LogP contribution in [0.5, 0.6) is 11.5 Å². The summed E-state index contributed by atoms with van der Waals surface area (Å²) in [6.07, 6.45) is 4.90. The van der Waals surface area contributed by atoms with Crippen molar-refractivity contribution in [3.63, 3.8) is 0 Å². The highest BCUT2D eigenvalue weighted by Crippen LogP contribution is 2.49. The molecule has 1 aliphatic heterocycles. The highest BCUT2D eigenvalue weighted by Gasteiger charge is 2.43. The van der Waals surface area contributed by atoms with Gasteiger partial charge in [-0.1, -0.05) is 51.0 Å². The number of Topliss-reactive ketones (excluding diaryl/α,β-unsaturated/α-hetero) is 1. The number of aromatic nitrogens is 1. The van der Waals surface area contributed by atoms with Crippen LogP contribution < -0.4 is 9.47 Å². The minimum atomic E-state index is -0.469. The van der Waals surface area contributed by atoms with Crippen molar-refractivity contribution in [2.75, 3.05) is 7.11 Å². The van der Waals surface area contributed by atoms with Crippen molar-refractivity contribution in [2.45, 2.75) is 52.5 Å². The standard InChI is InChI=1S/C33H33NO4S/c1-4-33(2)15-8-12-26(33)31(35)27-20-25(29-13-9-17-39-29)30-23-19-24(32(36)38-22-10-6-5-7-11-22)28(37-3)18-21(23)14-16-34(27)30/h5-7,9-11,13,17-20,26H,4,8,12,14-16H2,1-3H3/t26?,33-/m0/s1. The second-order valence-electron chi connectivity index (χ2n) is 10.9. The van der Waals surface area contributed by atoms with Crippen molar-refractivity contribution >= 4 is 23.1 Å². The molecule has 2 aromatic carbocycles. The molecular formula is C33H33NO4S. The quantitative estimate of drug-likeness (QED) is 0.135. The molecule has 1 fully saturated rings. The van der Waals surface area contributed by atoms with E-state index >= 15 is 0 Å². The van der Waals surface area contributed by atoms with Crippen LogP contribution in [0.15, 0.2) is 66.0 Å². The van der Waals surface area contributed by atoms with Gasteiger partial charge in [0.25, 0.3) is 0 Å². The van der Waals surface area contributed by atoms with E-state index < -0.39 is 5.97 Å². The Morgan fingerprint density at radius 1 is 1.08 bits per heavy atom. The van der Waals surface area contributed by atoms with Gasteiger partial charge in [0.2, 0.25) is 0 Å². The summed E-state index contributed by atoms with van der Waals surface area (Å²) >= 11 is 1.66. The third-order valence-electron chi connectivity index (χ3n) is 8.80. The minimum absolute atomic E-state index is 0.0337. The van der Waals surface area contributed by atoms with Crippen LogP contribution in [0.4, 0.5) is 0 Å². The van der Waals surface area contributed by atoms with Gasteiger partial charge in [0.15, 0.2) is 5.78 Å². The molecule has 0 bridgehead atoms. The van der Waals surface area contributed by atoms with Gasteiger partial charge in [0.1, 0.15) is 17.1 Å². The number of para-hydroxylation sites is 1. The van der Waals surface area contributed by atoms with Crippen molar-refractivity contribution in [3.8, 4) is 33.2 Å². The number of fused-ring (bicyclic) bond motifs is 3. The van der Waals surface area contributed by atoms with E-state index in [0.717, 1.165) is 65.1 Å². The summed E-state index contributed by atoms with van der Waals surface area (Å²) in [5.41, 5.74) is 5.29. The fourth-order valence-electron chi connectivity index (χ4n) is 6.44. The highest BCUT2D eigenvalue weighted by atomic mass is 32.1. The Morgan fingerprint density at radius 2 is 1.90 bits per heavy atom. The predicted octanol–water partition coefficient (Wildman–Crippen LogP) is 8.07. The maximum Gasteiger partial charge on any atom is 0.347 e. The largest absolute Gasteiger partial charge is 0.496 e. The van der Waals surface area contributed by atoms with Gasteiger partial charge in [0, 0.05) is 28.5 Å². The van der Waals surface area contributed by atoms with Crippen LogP contribution in [0.2, 0.25) is 0 Å². The zero-order valence-corrected chi connectivity index (χ0v) is 23.5. The molecule has 39 heavy (non-hydrogen) atoms. The molecule has 6 rings (SSSR count). The molecule has 0 saturated heterocycles. The number of hydrogen-bond acceptors (Lipinski definition) is 5. The predicted molar refractivity (Wildman–Crippen MR) is 155 cm³/mol. The fourth-order valence-corrected chi connectivity index (χ4v) is 7.18. The van der Waals surface area contributed by atoms with E-state index in [-0.39, 0.29) is 17.1 Å². The molecular weight excluding hydrogens is 506 g/mol. The lowest BCUT2D eigenvalue weighted by molar-refractivity contribution is 0.0730. The topological polar surface area (TPSA) is 57.5 Å². The Bertz CT molecular complexity index is 1540. The number of ketones is 1. The number of aryl methyl sites for hydroxylation is 1. The summed E-state index contributed by atoms with van der Waals surface area (Å²) in [6.45, 7) is 5.19. The molecule has 1 aliphatic carbocycles. The van der Waals surface area contributed by atoms with Crippen molar-refractivity contribution in [1.82, 2.24) is 4.57 Å². The average molecular weight is 540 g/mol. The van der Waals surface area contributed by atoms with E-state index in [1.807, 2.05) is 36.4 Å². The summed E-state index contributed by atoms with van der Waals surface area (Å²) in [5.74, 6) is 0.790. The van der Waals surface area contributed by atoms with Crippen molar-refractivity contribution in [1.29, 1.82) is 0 Å². The first kappa shape index (κ1) is 25.6. The number of ether oxygens (including phenoxy) is 2. The molecule has 2 atom stereocenters. The molecule has 3 heterocycles. The number of methoxy groups -OCH3 is 1. The number of rotatable bonds is 7. The Balaban J connectivity index is 1.49. The van der Waals surface area contributed by atoms with Crippen molar-refractivity contribution in [2.24, 2.45) is 11.3 Å². The third-order valence-corrected chi connectivity index (χ3v) is 9.70. The third kappa shape index (κ3) is 4.41. The zero-order chi connectivity index (χ0) is 27.1. The first-order valence-electron chi connectivity index (χ1n) is 13.7. The van der Waals surface area contributed by atoms with Gasteiger partial charge in [-0.2, -0.15) is 0 Å². The van der Waals surface area contributed by atoms with Crippen LogP contribution >= 0.6 is 11.3 Å². The first-order chi connectivity index (χ1) is 18.9. The Hall–Kier alpha value is -3.64. The monoisotopic (exact) mass is 539 g/mol. The summed E-state index contributed by atoms with van der Waals surface area (Å²) in [4.78, 5) is 28.6. The maximum atomic E-state index is 14.2. The number of hydrogen-bond donors (Lipinski definition) is 0. The van der Waals surface area contributed by atoms with Gasteiger partial charge < -0.3 is 14.0 Å². The number of benzene rings is 2. The van der Waals surface area contributed by atoms with Gasteiger partial charge >= 0.3 is 5.97 Å². The molecule has 0 N–H and O–H groups in total. The number of esters is 1. The smallest absolute Gasteiger partial charge is 0.347 e. The lowest BCUT2D eigenvalue weighted by Gasteiger charge is -2.30. The molecule has 0 spiro atoms. The molecule has 0 radical (unpaired) electrons. The van der Waals surface area contributed by atoms with Crippen LogP contribution in [-0.2, 0) is 13.0 Å². The Labute approximate surface area is 233 Å². The van der Waals surface area contributed by atoms with Crippen LogP contribution in [0, 0.1) is 11.3 Å². The van der Waals surface area contributed by atoms with Crippen LogP contribution in [-0.4, -0.2) is 23.4 Å². The van der Waals surface area contributed by atoms with E-state index in [0.29, 0.717) is 23.6 Å². The van der Waals surface area contributed by atoms with E-state index in [1.54, 1.807) is 30.6 Å². The van der Waals surface area contributed by atoms with Gasteiger partial charge in [-0.15, -0.1) is 11.3 Å². The van der Waals surface area contributed by atoms with E-state index in [2.05, 4.69) is 35.9 Å². The number of carbonyl (C=O) groups excluding carboxylic acids is 2. The Morgan fingerprint density at radius 3 is 2.62 bits per heavy atom. The van der Waals surface area contributed by atoms with E-state index in [9.17, 15) is 9.59 Å². The molecule has 2 aromatic heterocycles. The number of thiophene rings is 1. The van der Waals surface area contributed by atoms with Crippen LogP contribution in [0.3, 0.4) is 0 Å². The molecule has 1 unspecified atom stereocenters. The maximum absolute atomic E-state index is 14.2. The number of carbonyl (C=O) groups is 2. The molecule has 0 amide bonds. The fraction of sp³-hybridized carbons (Fsp3) is 0.333. The van der Waals surface area contributed by atoms with E-state index in [4.69, 9.17) is 9.47 Å². The molecule has 6 heteroatoms. The van der Waals surface area contributed by atoms with Crippen molar-refractivity contribution < 1.29 is 19.1 Å². The van der Waals surface area contributed by atoms with Crippen LogP contribution in [0.1, 0.15) is 65.9 Å². The summed E-state index contributed by atoms with van der Waals surface area (Å²) in [6, 6.07) is 19.1. The first-order valence-corrected chi connectivity index (χ1v) is 14.6. The number of nitrogens with zero attached hydrogens (tertiary/aromatic N) is 1. The molecule has 200 valence electrons. The molecule has 5 nitrogen and oxygen atoms in total. The molecule has 1 saturated carbocycles. The van der Waals surface area contributed by atoms with E-state index in [1.165, 1.54) is 0 Å². The summed E-state index contributed by atoms with van der Waals surface area (Å²) in [5, 5.41) is 2.06.